The van der Waals surface area contributed by atoms with E-state index in [1.165, 1.54) is 10.7 Å². The van der Waals surface area contributed by atoms with Crippen LogP contribution in [0.5, 0.6) is 5.88 Å². The zero-order valence-electron chi connectivity index (χ0n) is 20.6. The van der Waals surface area contributed by atoms with Crippen LogP contribution in [0.25, 0.3) is 11.0 Å². The van der Waals surface area contributed by atoms with Crippen LogP contribution in [0.2, 0.25) is 0 Å². The molecule has 3 aromatic rings. The first-order chi connectivity index (χ1) is 16.9. The van der Waals surface area contributed by atoms with E-state index in [4.69, 9.17) is 4.74 Å². The topological polar surface area (TPSA) is 101 Å². The number of aryl methyl sites for hydroxylation is 2. The van der Waals surface area contributed by atoms with Gasteiger partial charge in [-0.05, 0) is 44.3 Å². The van der Waals surface area contributed by atoms with Crippen molar-refractivity contribution in [3.8, 4) is 5.88 Å². The van der Waals surface area contributed by atoms with Crippen molar-refractivity contribution in [1.82, 2.24) is 25.0 Å². The Hall–Kier alpha value is -3.45. The van der Waals surface area contributed by atoms with E-state index in [-0.39, 0.29) is 36.1 Å². The van der Waals surface area contributed by atoms with Crippen LogP contribution in [0, 0.1) is 12.7 Å². The van der Waals surface area contributed by atoms with Gasteiger partial charge in [0.25, 0.3) is 5.91 Å². The van der Waals surface area contributed by atoms with Crippen molar-refractivity contribution in [1.29, 1.82) is 0 Å². The predicted octanol–water partition coefficient (Wildman–Crippen LogP) is 4.54. The fraction of sp³-hybridized carbons (Fsp3) is 0.391. The Morgan fingerprint density at radius 2 is 1.84 bits per heavy atom. The van der Waals surface area contributed by atoms with Crippen LogP contribution < -0.4 is 15.4 Å². The van der Waals surface area contributed by atoms with Gasteiger partial charge in [-0.15, -0.1) is 12.4 Å². The number of carbonyl (C=O) groups excluding carboxylic acids is 2. The maximum atomic E-state index is 13.5. The van der Waals surface area contributed by atoms with E-state index < -0.39 is 29.5 Å². The number of aromatic nitrogens is 3. The number of hydrogen-bond acceptors (Lipinski definition) is 6. The fourth-order valence-electron chi connectivity index (χ4n) is 3.56. The average Bonchev–Trinajstić information content (AvgIpc) is 3.09. The first-order valence-electron chi connectivity index (χ1n) is 11.1. The lowest BCUT2D eigenvalue weighted by Crippen LogP contribution is -2.35. The second kappa shape index (κ2) is 12.2. The summed E-state index contributed by atoms with van der Waals surface area (Å²) >= 11 is 0. The Labute approximate surface area is 216 Å². The minimum absolute atomic E-state index is 0. The van der Waals surface area contributed by atoms with Gasteiger partial charge in [0.15, 0.2) is 5.65 Å². The number of urea groups is 1. The SMILES string of the molecule is CCN(CC)CCOc1nc2c(cc1C(=O)NC(=O)Nc1ccc(F)c(C(F)(F)F)c1)c(C)nn2C.Cl. The highest BCUT2D eigenvalue weighted by Gasteiger charge is 2.34. The fourth-order valence-corrected chi connectivity index (χ4v) is 3.56. The zero-order chi connectivity index (χ0) is 26.6. The summed E-state index contributed by atoms with van der Waals surface area (Å²) in [7, 11) is 1.69. The van der Waals surface area contributed by atoms with Crippen LogP contribution in [0.1, 0.15) is 35.5 Å². The summed E-state index contributed by atoms with van der Waals surface area (Å²) < 4.78 is 59.7. The number of likely N-dealkylation sites (N-methyl/N-ethyl adjacent to an activating group) is 1. The smallest absolute Gasteiger partial charge is 0.419 e. The minimum atomic E-state index is -4.95. The van der Waals surface area contributed by atoms with E-state index in [9.17, 15) is 27.2 Å². The van der Waals surface area contributed by atoms with E-state index in [2.05, 4.69) is 20.3 Å². The maximum Gasteiger partial charge on any atom is 0.419 e. The molecular weight excluding hydrogens is 520 g/mol. The lowest BCUT2D eigenvalue weighted by Gasteiger charge is -2.18. The third-order valence-corrected chi connectivity index (χ3v) is 5.51. The first kappa shape index (κ1) is 29.8. The predicted molar refractivity (Wildman–Crippen MR) is 132 cm³/mol. The maximum absolute atomic E-state index is 13.5. The molecule has 0 saturated heterocycles. The van der Waals surface area contributed by atoms with E-state index in [0.29, 0.717) is 35.4 Å². The Bertz CT molecular complexity index is 1280. The van der Waals surface area contributed by atoms with Crippen LogP contribution in [0.3, 0.4) is 0 Å². The molecule has 0 aliphatic heterocycles. The molecule has 0 fully saturated rings. The molecule has 3 amide bonds. The Morgan fingerprint density at radius 3 is 2.46 bits per heavy atom. The molecule has 0 radical (unpaired) electrons. The van der Waals surface area contributed by atoms with Crippen LogP contribution in [-0.4, -0.2) is 57.8 Å². The molecule has 2 N–H and O–H groups in total. The van der Waals surface area contributed by atoms with Crippen LogP contribution >= 0.6 is 12.4 Å². The number of alkyl halides is 3. The van der Waals surface area contributed by atoms with Crippen molar-refractivity contribution in [2.24, 2.45) is 7.05 Å². The average molecular weight is 547 g/mol. The summed E-state index contributed by atoms with van der Waals surface area (Å²) in [5.41, 5.74) is -0.876. The number of hydrogen-bond donors (Lipinski definition) is 2. The van der Waals surface area contributed by atoms with Crippen molar-refractivity contribution in [2.75, 3.05) is 31.6 Å². The van der Waals surface area contributed by atoms with Gasteiger partial charge < -0.3 is 15.0 Å². The van der Waals surface area contributed by atoms with E-state index >= 15 is 0 Å². The number of nitrogens with zero attached hydrogens (tertiary/aromatic N) is 4. The summed E-state index contributed by atoms with van der Waals surface area (Å²) in [6.45, 7) is 8.14. The monoisotopic (exact) mass is 546 g/mol. The third-order valence-electron chi connectivity index (χ3n) is 5.51. The Balaban J connectivity index is 0.00000481. The zero-order valence-corrected chi connectivity index (χ0v) is 21.4. The standard InChI is InChI=1S/C23H26F4N6O3.ClH/c1-5-33(6-2)9-10-36-21-16(12-15-13(3)31-32(4)19(15)29-21)20(34)30-22(35)28-14-7-8-18(24)17(11-14)23(25,26)27;/h7-8,11-12H,5-6,9-10H2,1-4H3,(H2,28,30,34,35);1H. The van der Waals surface area contributed by atoms with Gasteiger partial charge >= 0.3 is 12.2 Å². The molecule has 202 valence electrons. The molecule has 9 nitrogen and oxygen atoms in total. The number of nitrogens with one attached hydrogen (secondary N) is 2. The van der Waals surface area contributed by atoms with Crippen molar-refractivity contribution in [3.05, 3.63) is 46.9 Å². The molecule has 0 saturated carbocycles. The van der Waals surface area contributed by atoms with E-state index in [1.807, 2.05) is 19.2 Å². The van der Waals surface area contributed by atoms with Gasteiger partial charge in [0.1, 0.15) is 18.0 Å². The molecule has 2 aromatic heterocycles. The number of pyridine rings is 1. The summed E-state index contributed by atoms with van der Waals surface area (Å²) in [5.74, 6) is -2.40. The van der Waals surface area contributed by atoms with Gasteiger partial charge in [0.2, 0.25) is 5.88 Å². The molecule has 0 bridgehead atoms. The molecule has 2 heterocycles. The summed E-state index contributed by atoms with van der Waals surface area (Å²) in [6, 6.07) is 2.33. The van der Waals surface area contributed by atoms with Gasteiger partial charge in [-0.3, -0.25) is 14.8 Å². The van der Waals surface area contributed by atoms with Crippen LogP contribution in [0.4, 0.5) is 28.0 Å². The van der Waals surface area contributed by atoms with Crippen LogP contribution in [0.15, 0.2) is 24.3 Å². The number of rotatable bonds is 8. The highest BCUT2D eigenvalue weighted by molar-refractivity contribution is 6.10. The van der Waals surface area contributed by atoms with Gasteiger partial charge in [0, 0.05) is 24.7 Å². The highest BCUT2D eigenvalue weighted by Crippen LogP contribution is 2.33. The van der Waals surface area contributed by atoms with Gasteiger partial charge in [0.05, 0.1) is 11.3 Å². The molecule has 0 spiro atoms. The number of imide groups is 1. The second-order valence-corrected chi connectivity index (χ2v) is 7.90. The number of fused-ring (bicyclic) bond motifs is 1. The largest absolute Gasteiger partial charge is 0.476 e. The summed E-state index contributed by atoms with van der Waals surface area (Å²) in [4.78, 5) is 31.8. The normalized spacial score (nSPS) is 11.4. The Kier molecular flexibility index (Phi) is 9.81. The Morgan fingerprint density at radius 1 is 1.16 bits per heavy atom. The van der Waals surface area contributed by atoms with Gasteiger partial charge in [-0.2, -0.15) is 23.3 Å². The second-order valence-electron chi connectivity index (χ2n) is 7.90. The molecule has 37 heavy (non-hydrogen) atoms. The lowest BCUT2D eigenvalue weighted by molar-refractivity contribution is -0.139. The number of benzene rings is 1. The molecular formula is C23H27ClF4N6O3. The van der Waals surface area contributed by atoms with Crippen molar-refractivity contribution >= 4 is 41.1 Å². The van der Waals surface area contributed by atoms with E-state index in [0.717, 1.165) is 19.2 Å². The molecule has 0 aliphatic carbocycles. The van der Waals surface area contributed by atoms with Gasteiger partial charge in [-0.1, -0.05) is 13.8 Å². The minimum Gasteiger partial charge on any atom is -0.476 e. The highest BCUT2D eigenvalue weighted by atomic mass is 35.5. The quantitative estimate of drug-likeness (QED) is 0.402. The summed E-state index contributed by atoms with van der Waals surface area (Å²) in [6.07, 6.45) is -4.95. The lowest BCUT2D eigenvalue weighted by atomic mass is 10.1. The van der Waals surface area contributed by atoms with Crippen molar-refractivity contribution in [2.45, 2.75) is 26.9 Å². The third kappa shape index (κ3) is 7.07. The number of ether oxygens (including phenoxy) is 1. The first-order valence-corrected chi connectivity index (χ1v) is 11.1. The molecule has 0 unspecified atom stereocenters. The molecule has 1 aromatic carbocycles. The van der Waals surface area contributed by atoms with Crippen LogP contribution in [-0.2, 0) is 13.2 Å². The number of carbonyl (C=O) groups is 2. The van der Waals surface area contributed by atoms with Gasteiger partial charge in [-0.25, -0.2) is 9.18 Å². The number of anilines is 1. The van der Waals surface area contributed by atoms with E-state index in [1.54, 1.807) is 14.0 Å². The summed E-state index contributed by atoms with van der Waals surface area (Å²) in [5, 5.41) is 8.99. The molecule has 3 rings (SSSR count). The number of halogens is 5. The van der Waals surface area contributed by atoms with Crippen molar-refractivity contribution < 1.29 is 31.9 Å². The van der Waals surface area contributed by atoms with Crippen molar-refractivity contribution in [3.63, 3.8) is 0 Å². The molecule has 0 aliphatic rings. The number of amides is 3. The molecule has 14 heteroatoms. The molecule has 0 atom stereocenters.